The number of nitrogens with one attached hydrogen (secondary N) is 2. The summed E-state index contributed by atoms with van der Waals surface area (Å²) >= 11 is 0. The molecule has 0 bridgehead atoms. The van der Waals surface area contributed by atoms with Crippen molar-refractivity contribution in [2.45, 2.75) is 89.7 Å². The molecule has 2 aliphatic heterocycles. The normalized spacial score (nSPS) is 27.4. The lowest BCUT2D eigenvalue weighted by Crippen LogP contribution is -2.33. The van der Waals surface area contributed by atoms with Gasteiger partial charge in [0, 0.05) is 36.4 Å². The summed E-state index contributed by atoms with van der Waals surface area (Å²) in [5, 5.41) is 20.5. The van der Waals surface area contributed by atoms with Gasteiger partial charge in [-0.05, 0) is 20.3 Å². The summed E-state index contributed by atoms with van der Waals surface area (Å²) in [6.45, 7) is 4.10. The number of unbranched alkanes of at least 4 members (excludes halogenated alkanes) is 2. The van der Waals surface area contributed by atoms with Gasteiger partial charge in [-0.2, -0.15) is 0 Å². The summed E-state index contributed by atoms with van der Waals surface area (Å²) in [5.74, 6) is 0. The van der Waals surface area contributed by atoms with Gasteiger partial charge >= 0.3 is 19.2 Å². The lowest BCUT2D eigenvalue weighted by Gasteiger charge is -2.25. The summed E-state index contributed by atoms with van der Waals surface area (Å²) < 4.78 is 44.6. The SMILES string of the molecule is CCCCCOP(=O)(OC[C@H]1O[C@@H](n2cc(C)c(=O)[nH]c2=O)C[C@@H]1O)O[C@H]1C[C@H](n2cc(C)c(=O)[nH]c2=O)O[C@@H]1CO. The second kappa shape index (κ2) is 13.7. The molecule has 0 aromatic carbocycles. The first kappa shape index (κ1) is 32.2. The zero-order valence-corrected chi connectivity index (χ0v) is 24.5. The summed E-state index contributed by atoms with van der Waals surface area (Å²) in [6.07, 6.45) is -1.16. The number of nitrogens with zero attached hydrogens (tertiary/aromatic N) is 2. The lowest BCUT2D eigenvalue weighted by atomic mass is 10.2. The Balaban J connectivity index is 1.48. The predicted molar refractivity (Wildman–Crippen MR) is 146 cm³/mol. The third-order valence-electron chi connectivity index (χ3n) is 7.14. The van der Waals surface area contributed by atoms with Crippen LogP contribution in [0.15, 0.2) is 31.6 Å². The fraction of sp³-hybridized carbons (Fsp3) is 0.680. The van der Waals surface area contributed by atoms with Crippen LogP contribution in [-0.4, -0.2) is 73.6 Å². The predicted octanol–water partition coefficient (Wildman–Crippen LogP) is 0.349. The number of aryl methyl sites for hydroxylation is 2. The topological polar surface area (TPSA) is 213 Å². The Kier molecular flexibility index (Phi) is 10.5. The van der Waals surface area contributed by atoms with Gasteiger partial charge in [0.2, 0.25) is 0 Å². The number of ether oxygens (including phenoxy) is 2. The van der Waals surface area contributed by atoms with Crippen molar-refractivity contribution in [2.75, 3.05) is 19.8 Å². The van der Waals surface area contributed by atoms with E-state index in [-0.39, 0.29) is 30.6 Å². The molecule has 4 heterocycles. The Bertz CT molecular complexity index is 1520. The van der Waals surface area contributed by atoms with Gasteiger partial charge in [0.1, 0.15) is 30.8 Å². The first-order valence-corrected chi connectivity index (χ1v) is 15.2. The summed E-state index contributed by atoms with van der Waals surface area (Å²) in [4.78, 5) is 52.5. The van der Waals surface area contributed by atoms with Crippen molar-refractivity contribution in [3.63, 3.8) is 0 Å². The number of phosphoric acid groups is 1. The molecule has 0 radical (unpaired) electrons. The van der Waals surface area contributed by atoms with Crippen molar-refractivity contribution in [3.05, 3.63) is 65.2 Å². The van der Waals surface area contributed by atoms with E-state index in [1.165, 1.54) is 26.2 Å². The average Bonchev–Trinajstić information content (AvgIpc) is 3.52. The number of phosphoric ester groups is 1. The molecule has 16 nitrogen and oxygen atoms in total. The Morgan fingerprint density at radius 2 is 1.50 bits per heavy atom. The molecule has 0 saturated carbocycles. The van der Waals surface area contributed by atoms with E-state index in [2.05, 4.69) is 9.97 Å². The van der Waals surface area contributed by atoms with Gasteiger partial charge in [0.05, 0.1) is 25.9 Å². The van der Waals surface area contributed by atoms with Gasteiger partial charge in [-0.15, -0.1) is 0 Å². The monoisotopic (exact) mass is 616 g/mol. The molecule has 0 amide bonds. The quantitative estimate of drug-likeness (QED) is 0.177. The van der Waals surface area contributed by atoms with Gasteiger partial charge in [0.25, 0.3) is 11.1 Å². The maximum atomic E-state index is 13.8. The lowest BCUT2D eigenvalue weighted by molar-refractivity contribution is -0.0602. The highest BCUT2D eigenvalue weighted by molar-refractivity contribution is 7.48. The molecule has 42 heavy (non-hydrogen) atoms. The van der Waals surface area contributed by atoms with Crippen LogP contribution in [0.5, 0.6) is 0 Å². The molecular formula is C25H37N4O12P. The third-order valence-corrected chi connectivity index (χ3v) is 8.63. The number of aliphatic hydroxyl groups is 2. The molecule has 7 atom stereocenters. The zero-order valence-electron chi connectivity index (χ0n) is 23.6. The van der Waals surface area contributed by atoms with E-state index in [1.807, 2.05) is 6.92 Å². The molecule has 17 heteroatoms. The Morgan fingerprint density at radius 1 is 0.929 bits per heavy atom. The summed E-state index contributed by atoms with van der Waals surface area (Å²) in [7, 11) is -4.34. The van der Waals surface area contributed by atoms with E-state index in [0.717, 1.165) is 22.0 Å². The van der Waals surface area contributed by atoms with Crippen molar-refractivity contribution in [3.8, 4) is 0 Å². The molecule has 2 aromatic rings. The summed E-state index contributed by atoms with van der Waals surface area (Å²) in [5.41, 5.74) is -1.96. The highest BCUT2D eigenvalue weighted by atomic mass is 31.2. The van der Waals surface area contributed by atoms with Crippen molar-refractivity contribution in [1.29, 1.82) is 0 Å². The number of hydrogen-bond donors (Lipinski definition) is 4. The number of rotatable bonds is 13. The minimum absolute atomic E-state index is 0.000000641. The van der Waals surface area contributed by atoms with Crippen LogP contribution in [0.1, 0.15) is 62.6 Å². The van der Waals surface area contributed by atoms with Crippen LogP contribution in [0.3, 0.4) is 0 Å². The van der Waals surface area contributed by atoms with Gasteiger partial charge < -0.3 is 19.7 Å². The molecule has 2 aliphatic rings. The molecule has 4 rings (SSSR count). The first-order valence-electron chi connectivity index (χ1n) is 13.8. The molecule has 234 valence electrons. The molecule has 0 spiro atoms. The molecular weight excluding hydrogens is 579 g/mol. The van der Waals surface area contributed by atoms with Gasteiger partial charge in [0.15, 0.2) is 0 Å². The van der Waals surface area contributed by atoms with E-state index < -0.39 is 80.4 Å². The van der Waals surface area contributed by atoms with Gasteiger partial charge in [-0.3, -0.25) is 42.3 Å². The van der Waals surface area contributed by atoms with Crippen LogP contribution in [0, 0.1) is 13.8 Å². The van der Waals surface area contributed by atoms with E-state index in [1.54, 1.807) is 0 Å². The largest absolute Gasteiger partial charge is 0.475 e. The Hall–Kier alpha value is -2.69. The number of hydrogen-bond acceptors (Lipinski definition) is 12. The van der Waals surface area contributed by atoms with E-state index in [0.29, 0.717) is 6.42 Å². The Labute approximate surface area is 239 Å². The fourth-order valence-electron chi connectivity index (χ4n) is 4.74. The minimum Gasteiger partial charge on any atom is -0.394 e. The van der Waals surface area contributed by atoms with Gasteiger partial charge in [-0.1, -0.05) is 19.8 Å². The van der Waals surface area contributed by atoms with Crippen molar-refractivity contribution in [1.82, 2.24) is 19.1 Å². The van der Waals surface area contributed by atoms with E-state index >= 15 is 0 Å². The number of aromatic amines is 2. The smallest absolute Gasteiger partial charge is 0.394 e. The second-order valence-electron chi connectivity index (χ2n) is 10.4. The van der Waals surface area contributed by atoms with Crippen molar-refractivity contribution < 1.29 is 37.8 Å². The van der Waals surface area contributed by atoms with Crippen molar-refractivity contribution >= 4 is 7.82 Å². The zero-order chi connectivity index (χ0) is 30.6. The number of aromatic nitrogens is 4. The van der Waals surface area contributed by atoms with E-state index in [9.17, 15) is 34.0 Å². The molecule has 2 fully saturated rings. The highest BCUT2D eigenvalue weighted by Gasteiger charge is 2.44. The van der Waals surface area contributed by atoms with Crippen LogP contribution in [-0.2, 0) is 27.6 Å². The van der Waals surface area contributed by atoms with Gasteiger partial charge in [-0.25, -0.2) is 14.2 Å². The van der Waals surface area contributed by atoms with E-state index in [4.69, 9.17) is 23.0 Å². The molecule has 2 aromatic heterocycles. The Morgan fingerprint density at radius 3 is 2.07 bits per heavy atom. The number of H-pyrrole nitrogens is 2. The molecule has 4 N–H and O–H groups in total. The highest BCUT2D eigenvalue weighted by Crippen LogP contribution is 2.53. The molecule has 2 saturated heterocycles. The van der Waals surface area contributed by atoms with Crippen LogP contribution < -0.4 is 22.5 Å². The van der Waals surface area contributed by atoms with Crippen LogP contribution >= 0.6 is 7.82 Å². The maximum Gasteiger partial charge on any atom is 0.475 e. The second-order valence-corrected chi connectivity index (χ2v) is 12.0. The molecule has 1 unspecified atom stereocenters. The minimum atomic E-state index is -4.34. The van der Waals surface area contributed by atoms with Crippen molar-refractivity contribution in [2.24, 2.45) is 0 Å². The van der Waals surface area contributed by atoms with Crippen LogP contribution in [0.25, 0.3) is 0 Å². The van der Waals surface area contributed by atoms with Crippen LogP contribution in [0.2, 0.25) is 0 Å². The first-order chi connectivity index (χ1) is 19.9. The fourth-order valence-corrected chi connectivity index (χ4v) is 6.17. The third kappa shape index (κ3) is 7.44. The van der Waals surface area contributed by atoms with Crippen LogP contribution in [0.4, 0.5) is 0 Å². The standard InChI is InChI=1S/C25H37N4O12P/c1-4-5-6-7-37-42(36,38-13-19-16(31)8-20(40-19)28-10-14(2)22(32)26-24(28)34)41-17-9-21(39-18(17)12-30)29-11-15(3)23(33)27-25(29)35/h10-11,16-21,30-31H,4-9,12-13H2,1-3H3,(H,26,32,34)(H,27,33,35)/t16-,17-,18+,19+,20+,21+,42?/m0/s1. The maximum absolute atomic E-state index is 13.8. The summed E-state index contributed by atoms with van der Waals surface area (Å²) in [6, 6.07) is 0. The number of aliphatic hydroxyl groups excluding tert-OH is 2. The average molecular weight is 617 g/mol. The molecule has 0 aliphatic carbocycles.